The topological polar surface area (TPSA) is 46.4 Å². The average molecular weight is 299 g/mol. The van der Waals surface area contributed by atoms with E-state index in [0.717, 1.165) is 22.0 Å². The highest BCUT2D eigenvalue weighted by atomic mass is 32.1. The predicted molar refractivity (Wildman–Crippen MR) is 86.6 cm³/mol. The second kappa shape index (κ2) is 5.69. The van der Waals surface area contributed by atoms with Crippen molar-refractivity contribution >= 4 is 28.7 Å². The Morgan fingerprint density at radius 2 is 2.19 bits per heavy atom. The molecule has 0 bridgehead atoms. The maximum atomic E-state index is 12.1. The van der Waals surface area contributed by atoms with Crippen molar-refractivity contribution < 1.29 is 4.79 Å². The smallest absolute Gasteiger partial charge is 0.225 e. The molecule has 5 heteroatoms. The molecule has 21 heavy (non-hydrogen) atoms. The Hall–Kier alpha value is -2.14. The predicted octanol–water partition coefficient (Wildman–Crippen LogP) is 4.05. The normalized spacial score (nSPS) is 11.2. The van der Waals surface area contributed by atoms with Gasteiger partial charge in [0.25, 0.3) is 0 Å². The number of anilines is 1. The summed E-state index contributed by atoms with van der Waals surface area (Å²) in [5.74, 6) is 1.10. The van der Waals surface area contributed by atoms with E-state index in [1.807, 2.05) is 60.2 Å². The lowest BCUT2D eigenvalue weighted by Crippen LogP contribution is -2.15. The molecule has 0 unspecified atom stereocenters. The van der Waals surface area contributed by atoms with E-state index in [-0.39, 0.29) is 5.91 Å². The number of carbonyl (C=O) groups excluding carboxylic acids is 1. The SMILES string of the molecule is CC(C)CC(=O)Nc1c(-c2cccs2)nc2ccccn12. The van der Waals surface area contributed by atoms with Gasteiger partial charge in [0.2, 0.25) is 5.91 Å². The van der Waals surface area contributed by atoms with Crippen LogP contribution in [0.4, 0.5) is 5.82 Å². The Bertz CT molecular complexity index is 759. The number of nitrogens with zero attached hydrogens (tertiary/aromatic N) is 2. The van der Waals surface area contributed by atoms with Crippen LogP contribution in [0, 0.1) is 5.92 Å². The van der Waals surface area contributed by atoms with Crippen LogP contribution in [-0.2, 0) is 4.79 Å². The van der Waals surface area contributed by atoms with E-state index in [2.05, 4.69) is 10.3 Å². The summed E-state index contributed by atoms with van der Waals surface area (Å²) in [6, 6.07) is 9.83. The van der Waals surface area contributed by atoms with E-state index in [4.69, 9.17) is 0 Å². The van der Waals surface area contributed by atoms with Crippen molar-refractivity contribution in [3.63, 3.8) is 0 Å². The lowest BCUT2D eigenvalue weighted by atomic mass is 10.1. The number of carbonyl (C=O) groups is 1. The summed E-state index contributed by atoms with van der Waals surface area (Å²) in [4.78, 5) is 17.8. The van der Waals surface area contributed by atoms with E-state index in [1.165, 1.54) is 0 Å². The molecule has 1 amide bonds. The molecule has 0 atom stereocenters. The van der Waals surface area contributed by atoms with E-state index < -0.39 is 0 Å². The van der Waals surface area contributed by atoms with Crippen LogP contribution in [0.3, 0.4) is 0 Å². The van der Waals surface area contributed by atoms with Gasteiger partial charge in [-0.3, -0.25) is 9.20 Å². The Labute approximate surface area is 127 Å². The van der Waals surface area contributed by atoms with Gasteiger partial charge in [-0.25, -0.2) is 4.98 Å². The summed E-state index contributed by atoms with van der Waals surface area (Å²) in [7, 11) is 0. The van der Waals surface area contributed by atoms with E-state index in [9.17, 15) is 4.79 Å². The van der Waals surface area contributed by atoms with Crippen LogP contribution in [-0.4, -0.2) is 15.3 Å². The van der Waals surface area contributed by atoms with Gasteiger partial charge in [-0.1, -0.05) is 26.0 Å². The zero-order chi connectivity index (χ0) is 14.8. The van der Waals surface area contributed by atoms with Crippen molar-refractivity contribution in [2.45, 2.75) is 20.3 Å². The van der Waals surface area contributed by atoms with Crippen molar-refractivity contribution in [2.24, 2.45) is 5.92 Å². The van der Waals surface area contributed by atoms with Gasteiger partial charge < -0.3 is 5.32 Å². The van der Waals surface area contributed by atoms with Gasteiger partial charge in [-0.15, -0.1) is 11.3 Å². The Balaban J connectivity index is 2.06. The molecule has 108 valence electrons. The van der Waals surface area contributed by atoms with Crippen LogP contribution in [0.1, 0.15) is 20.3 Å². The van der Waals surface area contributed by atoms with E-state index in [1.54, 1.807) is 11.3 Å². The number of imidazole rings is 1. The largest absolute Gasteiger partial charge is 0.310 e. The van der Waals surface area contributed by atoms with E-state index >= 15 is 0 Å². The van der Waals surface area contributed by atoms with Gasteiger partial charge in [0.15, 0.2) is 0 Å². The average Bonchev–Trinajstić information content (AvgIpc) is 3.06. The van der Waals surface area contributed by atoms with Gasteiger partial charge in [0, 0.05) is 12.6 Å². The van der Waals surface area contributed by atoms with Crippen molar-refractivity contribution in [1.29, 1.82) is 0 Å². The maximum Gasteiger partial charge on any atom is 0.225 e. The number of rotatable bonds is 4. The van der Waals surface area contributed by atoms with Crippen LogP contribution in [0.15, 0.2) is 41.9 Å². The molecule has 3 aromatic rings. The first-order valence-electron chi connectivity index (χ1n) is 6.96. The van der Waals surface area contributed by atoms with Crippen LogP contribution in [0.25, 0.3) is 16.2 Å². The molecule has 0 aliphatic heterocycles. The fourth-order valence-electron chi connectivity index (χ4n) is 2.25. The molecule has 0 aliphatic rings. The van der Waals surface area contributed by atoms with Crippen LogP contribution in [0.5, 0.6) is 0 Å². The summed E-state index contributed by atoms with van der Waals surface area (Å²) < 4.78 is 1.92. The molecule has 3 aromatic heterocycles. The zero-order valence-corrected chi connectivity index (χ0v) is 12.9. The lowest BCUT2D eigenvalue weighted by molar-refractivity contribution is -0.116. The third-order valence-corrected chi connectivity index (χ3v) is 4.01. The minimum atomic E-state index is 0.0217. The number of thiophene rings is 1. The summed E-state index contributed by atoms with van der Waals surface area (Å²) in [5.41, 5.74) is 1.66. The van der Waals surface area contributed by atoms with Crippen LogP contribution >= 0.6 is 11.3 Å². The quantitative estimate of drug-likeness (QED) is 0.790. The highest BCUT2D eigenvalue weighted by Crippen LogP contribution is 2.32. The zero-order valence-electron chi connectivity index (χ0n) is 12.0. The number of pyridine rings is 1. The van der Waals surface area contributed by atoms with Gasteiger partial charge in [-0.05, 0) is 29.5 Å². The molecule has 3 heterocycles. The third kappa shape index (κ3) is 2.83. The molecule has 0 aliphatic carbocycles. The molecule has 0 fully saturated rings. The summed E-state index contributed by atoms with van der Waals surface area (Å²) in [6.45, 7) is 4.07. The summed E-state index contributed by atoms with van der Waals surface area (Å²) in [6.07, 6.45) is 2.42. The highest BCUT2D eigenvalue weighted by Gasteiger charge is 2.17. The first-order valence-corrected chi connectivity index (χ1v) is 7.84. The summed E-state index contributed by atoms with van der Waals surface area (Å²) in [5, 5.41) is 5.03. The Kier molecular flexibility index (Phi) is 3.75. The van der Waals surface area contributed by atoms with Crippen molar-refractivity contribution in [1.82, 2.24) is 9.38 Å². The fourth-order valence-corrected chi connectivity index (χ4v) is 2.97. The van der Waals surface area contributed by atoms with Crippen molar-refractivity contribution in [3.8, 4) is 10.6 Å². The molecule has 0 saturated carbocycles. The number of fused-ring (bicyclic) bond motifs is 1. The van der Waals surface area contributed by atoms with Gasteiger partial charge in [-0.2, -0.15) is 0 Å². The van der Waals surface area contributed by atoms with Gasteiger partial charge in [0.1, 0.15) is 17.2 Å². The Morgan fingerprint density at radius 3 is 2.90 bits per heavy atom. The fraction of sp³-hybridized carbons (Fsp3) is 0.250. The monoisotopic (exact) mass is 299 g/mol. The maximum absolute atomic E-state index is 12.1. The number of aromatic nitrogens is 2. The molecule has 0 saturated heterocycles. The lowest BCUT2D eigenvalue weighted by Gasteiger charge is -2.08. The molecule has 0 radical (unpaired) electrons. The molecule has 1 N–H and O–H groups in total. The second-order valence-electron chi connectivity index (χ2n) is 5.36. The minimum Gasteiger partial charge on any atom is -0.310 e. The molecule has 3 rings (SSSR count). The molecule has 0 aromatic carbocycles. The Morgan fingerprint density at radius 1 is 1.33 bits per heavy atom. The number of hydrogen-bond acceptors (Lipinski definition) is 3. The van der Waals surface area contributed by atoms with Crippen molar-refractivity contribution in [2.75, 3.05) is 5.32 Å². The first kappa shape index (κ1) is 13.8. The third-order valence-electron chi connectivity index (χ3n) is 3.14. The first-order chi connectivity index (χ1) is 10.1. The minimum absolute atomic E-state index is 0.0217. The highest BCUT2D eigenvalue weighted by molar-refractivity contribution is 7.13. The number of amides is 1. The molecular weight excluding hydrogens is 282 g/mol. The van der Waals surface area contributed by atoms with E-state index in [0.29, 0.717) is 12.3 Å². The van der Waals surface area contributed by atoms with Gasteiger partial charge >= 0.3 is 0 Å². The molecule has 4 nitrogen and oxygen atoms in total. The van der Waals surface area contributed by atoms with Crippen LogP contribution < -0.4 is 5.32 Å². The molecular formula is C16H17N3OS. The van der Waals surface area contributed by atoms with Gasteiger partial charge in [0.05, 0.1) is 4.88 Å². The standard InChI is InChI=1S/C16H17N3OS/c1-11(2)10-14(20)18-16-15(12-6-5-9-21-12)17-13-7-3-4-8-19(13)16/h3-9,11H,10H2,1-2H3,(H,18,20). The number of hydrogen-bond donors (Lipinski definition) is 1. The van der Waals surface area contributed by atoms with Crippen molar-refractivity contribution in [3.05, 3.63) is 41.9 Å². The van der Waals surface area contributed by atoms with Crippen LogP contribution in [0.2, 0.25) is 0 Å². The molecule has 0 spiro atoms. The second-order valence-corrected chi connectivity index (χ2v) is 6.31. The number of nitrogens with one attached hydrogen (secondary N) is 1. The summed E-state index contributed by atoms with van der Waals surface area (Å²) >= 11 is 1.62.